The lowest BCUT2D eigenvalue weighted by Crippen LogP contribution is -2.34. The molecular weight excluding hydrogens is 371 g/mol. The maximum absolute atomic E-state index is 12.8. The van der Waals surface area contributed by atoms with E-state index in [4.69, 9.17) is 5.10 Å². The summed E-state index contributed by atoms with van der Waals surface area (Å²) in [6, 6.07) is 3.80. The molecule has 3 aromatic rings. The fourth-order valence-electron chi connectivity index (χ4n) is 3.49. The first kappa shape index (κ1) is 18.7. The molecule has 0 spiro atoms. The number of fused-ring (bicyclic) bond motifs is 1. The third kappa shape index (κ3) is 3.43. The van der Waals surface area contributed by atoms with E-state index in [0.29, 0.717) is 37.4 Å². The van der Waals surface area contributed by atoms with Gasteiger partial charge in [0.1, 0.15) is 17.3 Å². The van der Waals surface area contributed by atoms with Crippen LogP contribution in [0.15, 0.2) is 18.3 Å². The van der Waals surface area contributed by atoms with Gasteiger partial charge < -0.3 is 9.88 Å². The fourth-order valence-corrected chi connectivity index (χ4v) is 3.49. The summed E-state index contributed by atoms with van der Waals surface area (Å²) in [7, 11) is 0. The number of rotatable bonds is 2. The molecule has 0 bridgehead atoms. The molecule has 0 aromatic carbocycles. The van der Waals surface area contributed by atoms with Gasteiger partial charge in [-0.25, -0.2) is 4.98 Å². The Kier molecular flexibility index (Phi) is 4.31. The molecule has 4 heterocycles. The van der Waals surface area contributed by atoms with Gasteiger partial charge in [0, 0.05) is 24.4 Å². The van der Waals surface area contributed by atoms with Crippen LogP contribution in [0.25, 0.3) is 5.65 Å². The van der Waals surface area contributed by atoms with Gasteiger partial charge in [-0.15, -0.1) is 15.3 Å². The largest absolute Gasteiger partial charge is 0.432 e. The number of H-pyrrole nitrogens is 1. The molecule has 0 amide bonds. The Morgan fingerprint density at radius 2 is 1.79 bits per heavy atom. The highest BCUT2D eigenvalue weighted by Gasteiger charge is 2.34. The average molecular weight is 393 g/mol. The van der Waals surface area contributed by atoms with Crippen LogP contribution in [-0.2, 0) is 11.6 Å². The van der Waals surface area contributed by atoms with E-state index in [9.17, 15) is 13.2 Å². The van der Waals surface area contributed by atoms with Crippen molar-refractivity contribution in [2.24, 2.45) is 0 Å². The number of halogens is 3. The summed E-state index contributed by atoms with van der Waals surface area (Å²) in [6.45, 7) is 7.56. The molecule has 1 aliphatic heterocycles. The minimum atomic E-state index is -4.39. The zero-order chi connectivity index (χ0) is 20.1. The number of imidazole rings is 1. The number of nitrogens with one attached hydrogen (secondary N) is 1. The number of aromatic amines is 1. The number of piperidine rings is 1. The Morgan fingerprint density at radius 3 is 2.39 bits per heavy atom. The number of aromatic nitrogens is 6. The Hall–Kier alpha value is -2.65. The van der Waals surface area contributed by atoms with Crippen molar-refractivity contribution in [3.63, 3.8) is 0 Å². The van der Waals surface area contributed by atoms with Crippen molar-refractivity contribution in [1.82, 2.24) is 29.8 Å². The van der Waals surface area contributed by atoms with E-state index in [-0.39, 0.29) is 11.3 Å². The number of hydrogen-bond donors (Lipinski definition) is 1. The molecule has 10 heteroatoms. The molecule has 0 aliphatic carbocycles. The molecule has 0 saturated carbocycles. The van der Waals surface area contributed by atoms with Gasteiger partial charge >= 0.3 is 6.18 Å². The summed E-state index contributed by atoms with van der Waals surface area (Å²) >= 11 is 0. The van der Waals surface area contributed by atoms with Crippen LogP contribution in [0.2, 0.25) is 0 Å². The number of alkyl halides is 3. The van der Waals surface area contributed by atoms with Crippen LogP contribution in [0, 0.1) is 0 Å². The van der Waals surface area contributed by atoms with Gasteiger partial charge in [0.2, 0.25) is 0 Å². The molecule has 1 saturated heterocycles. The maximum Gasteiger partial charge on any atom is 0.432 e. The zero-order valence-corrected chi connectivity index (χ0v) is 16.0. The molecule has 28 heavy (non-hydrogen) atoms. The summed E-state index contributed by atoms with van der Waals surface area (Å²) in [4.78, 5) is 8.51. The Morgan fingerprint density at radius 1 is 1.07 bits per heavy atom. The van der Waals surface area contributed by atoms with Gasteiger partial charge in [-0.3, -0.25) is 0 Å². The highest BCUT2D eigenvalue weighted by Crippen LogP contribution is 2.32. The first-order valence-electron chi connectivity index (χ1n) is 9.23. The van der Waals surface area contributed by atoms with Crippen LogP contribution in [0.5, 0.6) is 0 Å². The first-order chi connectivity index (χ1) is 13.1. The summed E-state index contributed by atoms with van der Waals surface area (Å²) in [6.07, 6.45) is -2.11. The van der Waals surface area contributed by atoms with E-state index >= 15 is 0 Å². The van der Waals surface area contributed by atoms with Crippen molar-refractivity contribution in [2.45, 2.75) is 51.1 Å². The van der Waals surface area contributed by atoms with Crippen molar-refractivity contribution >= 4 is 11.5 Å². The standard InChI is InChI=1S/C18H22F3N7/c1-17(2,3)16-25-24-13-4-5-14(26-28(13)16)27-8-6-11(7-9-27)15-22-10-12(23-15)18(19,20)21/h4-5,10-11H,6-9H2,1-3H3,(H,22,23). The third-order valence-electron chi connectivity index (χ3n) is 5.03. The topological polar surface area (TPSA) is 75.0 Å². The smallest absolute Gasteiger partial charge is 0.355 e. The van der Waals surface area contributed by atoms with Gasteiger partial charge in [0.05, 0.1) is 6.20 Å². The van der Waals surface area contributed by atoms with Crippen molar-refractivity contribution in [2.75, 3.05) is 18.0 Å². The van der Waals surface area contributed by atoms with E-state index in [1.807, 2.05) is 12.1 Å². The summed E-state index contributed by atoms with van der Waals surface area (Å²) < 4.78 is 40.1. The zero-order valence-electron chi connectivity index (χ0n) is 16.0. The van der Waals surface area contributed by atoms with E-state index < -0.39 is 11.9 Å². The molecule has 150 valence electrons. The number of anilines is 1. The van der Waals surface area contributed by atoms with Gasteiger partial charge in [-0.2, -0.15) is 17.7 Å². The van der Waals surface area contributed by atoms with E-state index in [1.165, 1.54) is 0 Å². The van der Waals surface area contributed by atoms with Crippen LogP contribution < -0.4 is 4.90 Å². The van der Waals surface area contributed by atoms with Gasteiger partial charge in [0.15, 0.2) is 11.5 Å². The van der Waals surface area contributed by atoms with Crippen molar-refractivity contribution in [3.05, 3.63) is 35.7 Å². The molecular formula is C18H22F3N7. The first-order valence-corrected chi connectivity index (χ1v) is 9.23. The predicted molar refractivity (Wildman–Crippen MR) is 97.3 cm³/mol. The molecule has 1 aliphatic rings. The van der Waals surface area contributed by atoms with Crippen molar-refractivity contribution < 1.29 is 13.2 Å². The molecule has 1 N–H and O–H groups in total. The minimum Gasteiger partial charge on any atom is -0.355 e. The monoisotopic (exact) mass is 393 g/mol. The highest BCUT2D eigenvalue weighted by molar-refractivity contribution is 5.46. The fraction of sp³-hybridized carbons (Fsp3) is 0.556. The minimum absolute atomic E-state index is 0.0175. The SMILES string of the molecule is CC(C)(C)c1nnc2ccc(N3CCC(c4ncc(C(F)(F)F)[nH]4)CC3)nn12. The second kappa shape index (κ2) is 6.46. The Labute approximate surface area is 160 Å². The lowest BCUT2D eigenvalue weighted by Gasteiger charge is -2.32. The lowest BCUT2D eigenvalue weighted by atomic mass is 9.96. The molecule has 0 radical (unpaired) electrons. The summed E-state index contributed by atoms with van der Waals surface area (Å²) in [5.74, 6) is 1.99. The molecule has 4 rings (SSSR count). The maximum atomic E-state index is 12.8. The highest BCUT2D eigenvalue weighted by atomic mass is 19.4. The third-order valence-corrected chi connectivity index (χ3v) is 5.03. The van der Waals surface area contributed by atoms with E-state index in [0.717, 1.165) is 17.8 Å². The van der Waals surface area contributed by atoms with Crippen LogP contribution >= 0.6 is 0 Å². The van der Waals surface area contributed by atoms with Crippen molar-refractivity contribution in [1.29, 1.82) is 0 Å². The van der Waals surface area contributed by atoms with Crippen LogP contribution in [0.3, 0.4) is 0 Å². The lowest BCUT2D eigenvalue weighted by molar-refractivity contribution is -0.141. The second-order valence-electron chi connectivity index (χ2n) is 8.18. The van der Waals surface area contributed by atoms with E-state index in [1.54, 1.807) is 4.52 Å². The van der Waals surface area contributed by atoms with Gasteiger partial charge in [-0.05, 0) is 25.0 Å². The van der Waals surface area contributed by atoms with Crippen LogP contribution in [0.4, 0.5) is 19.0 Å². The average Bonchev–Trinajstić information content (AvgIpc) is 3.28. The van der Waals surface area contributed by atoms with Gasteiger partial charge in [0.25, 0.3) is 0 Å². The predicted octanol–water partition coefficient (Wildman–Crippen LogP) is 3.55. The number of hydrogen-bond acceptors (Lipinski definition) is 5. The number of nitrogens with zero attached hydrogens (tertiary/aromatic N) is 6. The summed E-state index contributed by atoms with van der Waals surface area (Å²) in [5, 5.41) is 13.1. The molecule has 0 unspecified atom stereocenters. The second-order valence-corrected chi connectivity index (χ2v) is 8.18. The van der Waals surface area contributed by atoms with Crippen LogP contribution in [-0.4, -0.2) is 42.9 Å². The van der Waals surface area contributed by atoms with E-state index in [2.05, 4.69) is 45.8 Å². The normalized spacial score (nSPS) is 16.9. The Balaban J connectivity index is 1.50. The van der Waals surface area contributed by atoms with Crippen molar-refractivity contribution in [3.8, 4) is 0 Å². The quantitative estimate of drug-likeness (QED) is 0.721. The Bertz CT molecular complexity index is 975. The summed E-state index contributed by atoms with van der Waals surface area (Å²) in [5.41, 5.74) is -0.286. The van der Waals surface area contributed by atoms with Crippen LogP contribution in [0.1, 0.15) is 56.9 Å². The van der Waals surface area contributed by atoms with Gasteiger partial charge in [-0.1, -0.05) is 20.8 Å². The molecule has 3 aromatic heterocycles. The molecule has 0 atom stereocenters. The molecule has 1 fully saturated rings. The molecule has 7 nitrogen and oxygen atoms in total.